The predicted molar refractivity (Wildman–Crippen MR) is 64.5 cm³/mol. The standard InChI is InChI=1S/C11H15ClN2O3/c1-3-14(4-5-15)11(16)8-6-9(12)13-10(7-8)17-2/h6-7,15H,3-5H2,1-2H3. The van der Waals surface area contributed by atoms with Gasteiger partial charge in [-0.3, -0.25) is 4.79 Å². The average molecular weight is 259 g/mol. The summed E-state index contributed by atoms with van der Waals surface area (Å²) in [4.78, 5) is 17.5. The van der Waals surface area contributed by atoms with E-state index in [1.807, 2.05) is 6.92 Å². The molecule has 0 saturated heterocycles. The Morgan fingerprint density at radius 1 is 1.59 bits per heavy atom. The van der Waals surface area contributed by atoms with Crippen LogP contribution in [0.5, 0.6) is 5.88 Å². The molecule has 0 radical (unpaired) electrons. The van der Waals surface area contributed by atoms with Gasteiger partial charge in [0.2, 0.25) is 5.88 Å². The topological polar surface area (TPSA) is 62.7 Å². The van der Waals surface area contributed by atoms with Gasteiger partial charge >= 0.3 is 0 Å². The first-order chi connectivity index (χ1) is 8.12. The summed E-state index contributed by atoms with van der Waals surface area (Å²) in [5.41, 5.74) is 0.400. The van der Waals surface area contributed by atoms with Gasteiger partial charge < -0.3 is 14.7 Å². The van der Waals surface area contributed by atoms with Crippen molar-refractivity contribution in [2.45, 2.75) is 6.92 Å². The number of carbonyl (C=O) groups excluding carboxylic acids is 1. The number of methoxy groups -OCH3 is 1. The molecule has 17 heavy (non-hydrogen) atoms. The molecule has 0 unspecified atom stereocenters. The number of ether oxygens (including phenoxy) is 1. The Morgan fingerprint density at radius 2 is 2.29 bits per heavy atom. The molecule has 0 atom stereocenters. The molecule has 1 heterocycles. The van der Waals surface area contributed by atoms with Crippen LogP contribution >= 0.6 is 11.6 Å². The van der Waals surface area contributed by atoms with Gasteiger partial charge in [0.15, 0.2) is 0 Å². The van der Waals surface area contributed by atoms with Gasteiger partial charge in [0.1, 0.15) is 5.15 Å². The molecule has 0 saturated carbocycles. The minimum atomic E-state index is -0.204. The largest absolute Gasteiger partial charge is 0.481 e. The van der Waals surface area contributed by atoms with Gasteiger partial charge in [-0.1, -0.05) is 11.6 Å². The summed E-state index contributed by atoms with van der Waals surface area (Å²) in [5.74, 6) is 0.0880. The molecule has 1 rings (SSSR count). The van der Waals surface area contributed by atoms with Crippen molar-refractivity contribution in [3.63, 3.8) is 0 Å². The lowest BCUT2D eigenvalue weighted by Crippen LogP contribution is -2.33. The molecule has 0 bridgehead atoms. The lowest BCUT2D eigenvalue weighted by atomic mass is 10.2. The van der Waals surface area contributed by atoms with E-state index in [9.17, 15) is 4.79 Å². The number of hydrogen-bond donors (Lipinski definition) is 1. The van der Waals surface area contributed by atoms with Gasteiger partial charge in [0.05, 0.1) is 13.7 Å². The minimum Gasteiger partial charge on any atom is -0.481 e. The number of halogens is 1. The fraction of sp³-hybridized carbons (Fsp3) is 0.455. The van der Waals surface area contributed by atoms with Crippen LogP contribution in [0.4, 0.5) is 0 Å². The number of aliphatic hydroxyl groups excluding tert-OH is 1. The molecule has 6 heteroatoms. The molecular weight excluding hydrogens is 244 g/mol. The van der Waals surface area contributed by atoms with Crippen molar-refractivity contribution in [1.29, 1.82) is 0 Å². The molecule has 0 aromatic carbocycles. The number of carbonyl (C=O) groups is 1. The third-order valence-electron chi connectivity index (χ3n) is 2.27. The van der Waals surface area contributed by atoms with Gasteiger partial charge in [-0.25, -0.2) is 4.98 Å². The summed E-state index contributed by atoms with van der Waals surface area (Å²) in [6.07, 6.45) is 0. The zero-order valence-electron chi connectivity index (χ0n) is 9.81. The van der Waals surface area contributed by atoms with Crippen LogP contribution in [0, 0.1) is 0 Å². The zero-order chi connectivity index (χ0) is 12.8. The van der Waals surface area contributed by atoms with E-state index >= 15 is 0 Å². The highest BCUT2D eigenvalue weighted by atomic mass is 35.5. The monoisotopic (exact) mass is 258 g/mol. The maximum Gasteiger partial charge on any atom is 0.254 e. The molecule has 1 amide bonds. The smallest absolute Gasteiger partial charge is 0.254 e. The molecule has 5 nitrogen and oxygen atoms in total. The van der Waals surface area contributed by atoms with Crippen molar-refractivity contribution in [3.05, 3.63) is 22.8 Å². The van der Waals surface area contributed by atoms with E-state index in [0.717, 1.165) is 0 Å². The van der Waals surface area contributed by atoms with Gasteiger partial charge in [-0.15, -0.1) is 0 Å². The van der Waals surface area contributed by atoms with Crippen LogP contribution in [0.1, 0.15) is 17.3 Å². The number of rotatable bonds is 5. The quantitative estimate of drug-likeness (QED) is 0.806. The Labute approximate surface area is 105 Å². The normalized spacial score (nSPS) is 10.1. The van der Waals surface area contributed by atoms with Crippen LogP contribution in [0.25, 0.3) is 0 Å². The van der Waals surface area contributed by atoms with Gasteiger partial charge in [-0.2, -0.15) is 0 Å². The molecule has 0 spiro atoms. The molecule has 0 aliphatic carbocycles. The van der Waals surface area contributed by atoms with E-state index in [4.69, 9.17) is 21.4 Å². The number of aromatic nitrogens is 1. The van der Waals surface area contributed by atoms with Crippen molar-refractivity contribution in [3.8, 4) is 5.88 Å². The second kappa shape index (κ2) is 6.42. The summed E-state index contributed by atoms with van der Waals surface area (Å²) >= 11 is 5.79. The molecular formula is C11H15ClN2O3. The Balaban J connectivity index is 2.97. The minimum absolute atomic E-state index is 0.0739. The number of aliphatic hydroxyl groups is 1. The molecule has 0 fully saturated rings. The fourth-order valence-electron chi connectivity index (χ4n) is 1.41. The van der Waals surface area contributed by atoms with Crippen molar-refractivity contribution in [1.82, 2.24) is 9.88 Å². The lowest BCUT2D eigenvalue weighted by molar-refractivity contribution is 0.0731. The first-order valence-corrected chi connectivity index (χ1v) is 5.61. The maximum absolute atomic E-state index is 12.1. The summed E-state index contributed by atoms with van der Waals surface area (Å²) < 4.78 is 4.94. The number of likely N-dealkylation sites (N-methyl/N-ethyl adjacent to an activating group) is 1. The Morgan fingerprint density at radius 3 is 2.82 bits per heavy atom. The average Bonchev–Trinajstić information content (AvgIpc) is 2.34. The predicted octanol–water partition coefficient (Wildman–Crippen LogP) is 1.20. The van der Waals surface area contributed by atoms with Crippen molar-refractivity contribution < 1.29 is 14.6 Å². The molecule has 1 N–H and O–H groups in total. The van der Waals surface area contributed by atoms with E-state index in [2.05, 4.69) is 4.98 Å². The SMILES string of the molecule is CCN(CCO)C(=O)c1cc(Cl)nc(OC)c1. The van der Waals surface area contributed by atoms with Crippen molar-refractivity contribution in [2.24, 2.45) is 0 Å². The van der Waals surface area contributed by atoms with Gasteiger partial charge in [-0.05, 0) is 13.0 Å². The summed E-state index contributed by atoms with van der Waals surface area (Å²) in [7, 11) is 1.46. The molecule has 94 valence electrons. The van der Waals surface area contributed by atoms with E-state index in [1.165, 1.54) is 24.1 Å². The van der Waals surface area contributed by atoms with Gasteiger partial charge in [0, 0.05) is 24.7 Å². The van der Waals surface area contributed by atoms with E-state index < -0.39 is 0 Å². The molecule has 1 aromatic heterocycles. The Bertz CT molecular complexity index is 398. The third-order valence-corrected chi connectivity index (χ3v) is 2.46. The number of nitrogens with zero attached hydrogens (tertiary/aromatic N) is 2. The summed E-state index contributed by atoms with van der Waals surface area (Å²) in [6.45, 7) is 2.57. The molecule has 1 aromatic rings. The van der Waals surface area contributed by atoms with Crippen LogP contribution in [0.15, 0.2) is 12.1 Å². The fourth-order valence-corrected chi connectivity index (χ4v) is 1.61. The van der Waals surface area contributed by atoms with Crippen molar-refractivity contribution in [2.75, 3.05) is 26.8 Å². The van der Waals surface area contributed by atoms with Crippen LogP contribution < -0.4 is 4.74 Å². The summed E-state index contributed by atoms with van der Waals surface area (Å²) in [5, 5.41) is 9.06. The van der Waals surface area contributed by atoms with E-state index in [0.29, 0.717) is 18.0 Å². The van der Waals surface area contributed by atoms with E-state index in [-0.39, 0.29) is 24.2 Å². The Kier molecular flexibility index (Phi) is 5.18. The van der Waals surface area contributed by atoms with Crippen molar-refractivity contribution >= 4 is 17.5 Å². The van der Waals surface area contributed by atoms with E-state index in [1.54, 1.807) is 0 Å². The highest BCUT2D eigenvalue weighted by Gasteiger charge is 2.15. The number of pyridine rings is 1. The molecule has 0 aliphatic heterocycles. The highest BCUT2D eigenvalue weighted by Crippen LogP contribution is 2.17. The van der Waals surface area contributed by atoms with Crippen LogP contribution in [-0.4, -0.2) is 47.7 Å². The zero-order valence-corrected chi connectivity index (χ0v) is 10.6. The maximum atomic E-state index is 12.1. The Hall–Kier alpha value is -1.33. The first-order valence-electron chi connectivity index (χ1n) is 5.24. The third kappa shape index (κ3) is 3.57. The second-order valence-electron chi connectivity index (χ2n) is 3.33. The van der Waals surface area contributed by atoms with Crippen LogP contribution in [-0.2, 0) is 0 Å². The van der Waals surface area contributed by atoms with Gasteiger partial charge in [0.25, 0.3) is 5.91 Å². The second-order valence-corrected chi connectivity index (χ2v) is 3.72. The summed E-state index contributed by atoms with van der Waals surface area (Å²) in [6, 6.07) is 3.00. The highest BCUT2D eigenvalue weighted by molar-refractivity contribution is 6.29. The van der Waals surface area contributed by atoms with Crippen LogP contribution in [0.2, 0.25) is 5.15 Å². The van der Waals surface area contributed by atoms with Crippen LogP contribution in [0.3, 0.4) is 0 Å². The first kappa shape index (κ1) is 13.7. The number of hydrogen-bond acceptors (Lipinski definition) is 4. The number of amides is 1. The molecule has 0 aliphatic rings. The lowest BCUT2D eigenvalue weighted by Gasteiger charge is -2.19.